The van der Waals surface area contributed by atoms with Crippen molar-refractivity contribution >= 4 is 22.8 Å². The number of halogens is 2. The molecule has 0 radical (unpaired) electrons. The fourth-order valence-electron chi connectivity index (χ4n) is 3.89. The van der Waals surface area contributed by atoms with Gasteiger partial charge in [-0.25, -0.2) is 14.4 Å². The molecule has 160 valence electrons. The number of H-pyrrole nitrogens is 1. The lowest BCUT2D eigenvalue weighted by Crippen LogP contribution is -2.44. The van der Waals surface area contributed by atoms with Crippen molar-refractivity contribution in [1.29, 1.82) is 0 Å². The lowest BCUT2D eigenvalue weighted by Gasteiger charge is -2.35. The second kappa shape index (κ2) is 7.87. The van der Waals surface area contributed by atoms with Crippen molar-refractivity contribution in [3.63, 3.8) is 0 Å². The number of aliphatic carboxylic acids is 1. The minimum absolute atomic E-state index is 0.0518. The highest BCUT2D eigenvalue weighted by molar-refractivity contribution is 5.83. The normalized spacial score (nSPS) is 22.9. The second-order valence-corrected chi connectivity index (χ2v) is 7.77. The lowest BCUT2D eigenvalue weighted by atomic mass is 9.76. The van der Waals surface area contributed by atoms with Gasteiger partial charge in [0.1, 0.15) is 11.5 Å². The van der Waals surface area contributed by atoms with E-state index < -0.39 is 29.7 Å². The number of imidazole rings is 1. The van der Waals surface area contributed by atoms with Crippen LogP contribution in [-0.4, -0.2) is 36.6 Å². The summed E-state index contributed by atoms with van der Waals surface area (Å²) in [6.45, 7) is 3.70. The molecule has 0 saturated heterocycles. The number of rotatable bonds is 3. The zero-order valence-electron chi connectivity index (χ0n) is 17.1. The van der Waals surface area contributed by atoms with Crippen LogP contribution in [0.1, 0.15) is 25.2 Å². The molecule has 0 saturated carbocycles. The molecule has 1 aliphatic carbocycles. The first-order valence-corrected chi connectivity index (χ1v) is 9.80. The summed E-state index contributed by atoms with van der Waals surface area (Å²) >= 11 is 0. The van der Waals surface area contributed by atoms with Gasteiger partial charge in [0.2, 0.25) is 5.95 Å². The fourth-order valence-corrected chi connectivity index (χ4v) is 3.89. The van der Waals surface area contributed by atoms with Crippen molar-refractivity contribution < 1.29 is 18.7 Å². The standard InChI is InChI=1S/C22H21F2N5O2/c1-11-4-5-12(2)18(17(11)22(30)31)28-21-19(24)29(3)16(27-21)7-6-13-9-25-20-15(13)8-14(23)10-26-20/h4-5,8-12,17-18,28H,1-3H3,(H,25,26)(H,30,31)/t11-,12+,17+,18+/m1/s1. The van der Waals surface area contributed by atoms with E-state index in [9.17, 15) is 18.7 Å². The average molecular weight is 425 g/mol. The van der Waals surface area contributed by atoms with Crippen molar-refractivity contribution in [3.8, 4) is 11.8 Å². The van der Waals surface area contributed by atoms with Crippen molar-refractivity contribution in [2.24, 2.45) is 24.8 Å². The number of aromatic nitrogens is 4. The molecule has 0 spiro atoms. The predicted molar refractivity (Wildman–Crippen MR) is 111 cm³/mol. The van der Waals surface area contributed by atoms with Gasteiger partial charge in [0.25, 0.3) is 0 Å². The highest BCUT2D eigenvalue weighted by Crippen LogP contribution is 2.32. The zero-order chi connectivity index (χ0) is 22.3. The summed E-state index contributed by atoms with van der Waals surface area (Å²) in [4.78, 5) is 22.9. The van der Waals surface area contributed by atoms with E-state index in [1.807, 2.05) is 26.0 Å². The fraction of sp³-hybridized carbons (Fsp3) is 0.318. The summed E-state index contributed by atoms with van der Waals surface area (Å²) in [6.07, 6.45) is 6.49. The summed E-state index contributed by atoms with van der Waals surface area (Å²) in [7, 11) is 1.48. The van der Waals surface area contributed by atoms with E-state index in [4.69, 9.17) is 0 Å². The van der Waals surface area contributed by atoms with Crippen LogP contribution < -0.4 is 5.32 Å². The van der Waals surface area contributed by atoms with Gasteiger partial charge in [-0.2, -0.15) is 4.39 Å². The van der Waals surface area contributed by atoms with E-state index in [-0.39, 0.29) is 23.5 Å². The number of aromatic amines is 1. The van der Waals surface area contributed by atoms with Crippen LogP contribution in [0.2, 0.25) is 0 Å². The molecule has 3 aromatic rings. The summed E-state index contributed by atoms with van der Waals surface area (Å²) in [5.41, 5.74) is 0.998. The Hall–Kier alpha value is -3.67. The molecule has 4 atom stereocenters. The van der Waals surface area contributed by atoms with Crippen molar-refractivity contribution in [1.82, 2.24) is 19.5 Å². The molecule has 0 unspecified atom stereocenters. The summed E-state index contributed by atoms with van der Waals surface area (Å²) in [6, 6.07) is 0.797. The van der Waals surface area contributed by atoms with Gasteiger partial charge in [-0.05, 0) is 23.8 Å². The van der Waals surface area contributed by atoms with Gasteiger partial charge in [-0.15, -0.1) is 0 Å². The van der Waals surface area contributed by atoms with Crippen LogP contribution in [0.3, 0.4) is 0 Å². The molecule has 3 N–H and O–H groups in total. The quantitative estimate of drug-likeness (QED) is 0.442. The first kappa shape index (κ1) is 20.6. The Morgan fingerprint density at radius 2 is 2.00 bits per heavy atom. The summed E-state index contributed by atoms with van der Waals surface area (Å²) in [5.74, 6) is 2.65. The maximum Gasteiger partial charge on any atom is 0.309 e. The molecule has 3 aromatic heterocycles. The number of hydrogen-bond acceptors (Lipinski definition) is 4. The molecule has 1 aliphatic rings. The maximum atomic E-state index is 14.8. The second-order valence-electron chi connectivity index (χ2n) is 7.77. The molecule has 3 heterocycles. The number of carboxylic acids is 1. The van der Waals surface area contributed by atoms with Gasteiger partial charge in [0.05, 0.1) is 17.7 Å². The van der Waals surface area contributed by atoms with Gasteiger partial charge >= 0.3 is 5.97 Å². The van der Waals surface area contributed by atoms with Crippen LogP contribution in [0.4, 0.5) is 14.6 Å². The highest BCUT2D eigenvalue weighted by Gasteiger charge is 2.38. The monoisotopic (exact) mass is 425 g/mol. The molecule has 0 amide bonds. The molecule has 0 aliphatic heterocycles. The molecule has 0 aromatic carbocycles. The van der Waals surface area contributed by atoms with Crippen LogP contribution >= 0.6 is 0 Å². The zero-order valence-corrected chi connectivity index (χ0v) is 17.1. The van der Waals surface area contributed by atoms with E-state index in [1.165, 1.54) is 17.7 Å². The number of nitrogens with one attached hydrogen (secondary N) is 2. The van der Waals surface area contributed by atoms with Crippen LogP contribution in [-0.2, 0) is 11.8 Å². The van der Waals surface area contributed by atoms with E-state index >= 15 is 0 Å². The third kappa shape index (κ3) is 3.77. The first-order chi connectivity index (χ1) is 14.8. The van der Waals surface area contributed by atoms with Crippen molar-refractivity contribution in [2.75, 3.05) is 5.32 Å². The Morgan fingerprint density at radius 1 is 1.26 bits per heavy atom. The van der Waals surface area contributed by atoms with Crippen LogP contribution in [0.25, 0.3) is 11.0 Å². The van der Waals surface area contributed by atoms with Crippen LogP contribution in [0.15, 0.2) is 30.6 Å². The predicted octanol–water partition coefficient (Wildman–Crippen LogP) is 3.30. The Balaban J connectivity index is 1.65. The van der Waals surface area contributed by atoms with Gasteiger partial charge in [-0.3, -0.25) is 9.36 Å². The number of hydrogen-bond donors (Lipinski definition) is 3. The SMILES string of the molecule is C[C@@H]1C=C[C@H](C)[C@H](Nc2nc(C#Cc3c[nH]c4ncc(F)cc34)n(C)c2F)[C@H]1C(=O)O. The molecule has 9 heteroatoms. The van der Waals surface area contributed by atoms with Crippen LogP contribution in [0.5, 0.6) is 0 Å². The lowest BCUT2D eigenvalue weighted by molar-refractivity contribution is -0.144. The smallest absolute Gasteiger partial charge is 0.309 e. The summed E-state index contributed by atoms with van der Waals surface area (Å²) < 4.78 is 29.5. The summed E-state index contributed by atoms with van der Waals surface area (Å²) in [5, 5.41) is 13.1. The first-order valence-electron chi connectivity index (χ1n) is 9.80. The largest absolute Gasteiger partial charge is 0.481 e. The highest BCUT2D eigenvalue weighted by atomic mass is 19.1. The topological polar surface area (TPSA) is 95.8 Å². The Morgan fingerprint density at radius 3 is 2.74 bits per heavy atom. The molecule has 7 nitrogen and oxygen atoms in total. The van der Waals surface area contributed by atoms with E-state index in [1.54, 1.807) is 6.20 Å². The van der Waals surface area contributed by atoms with Crippen LogP contribution in [0, 0.1) is 41.4 Å². The molecular formula is C22H21F2N5O2. The Kier molecular flexibility index (Phi) is 5.23. The molecule has 0 bridgehead atoms. The minimum Gasteiger partial charge on any atom is -0.481 e. The minimum atomic E-state index is -0.947. The van der Waals surface area contributed by atoms with E-state index in [2.05, 4.69) is 32.1 Å². The molecule has 31 heavy (non-hydrogen) atoms. The molecule has 0 fully saturated rings. The Bertz CT molecular complexity index is 1250. The van der Waals surface area contributed by atoms with Gasteiger partial charge in [-0.1, -0.05) is 31.9 Å². The number of nitrogens with zero attached hydrogens (tertiary/aromatic N) is 3. The maximum absolute atomic E-state index is 14.8. The Labute approximate surface area is 177 Å². The number of allylic oxidation sites excluding steroid dienone is 1. The van der Waals surface area contributed by atoms with Gasteiger partial charge < -0.3 is 15.4 Å². The van der Waals surface area contributed by atoms with Crippen molar-refractivity contribution in [3.05, 3.63) is 53.8 Å². The number of pyridine rings is 1. The number of carboxylic acid groups (broad SMARTS) is 1. The number of anilines is 1. The van der Waals surface area contributed by atoms with Gasteiger partial charge in [0, 0.05) is 24.7 Å². The average Bonchev–Trinajstić information content (AvgIpc) is 3.24. The molecular weight excluding hydrogens is 404 g/mol. The van der Waals surface area contributed by atoms with E-state index in [0.717, 1.165) is 6.20 Å². The third-order valence-corrected chi connectivity index (χ3v) is 5.66. The van der Waals surface area contributed by atoms with Gasteiger partial charge in [0.15, 0.2) is 11.6 Å². The molecule has 4 rings (SSSR count). The van der Waals surface area contributed by atoms with Crippen molar-refractivity contribution in [2.45, 2.75) is 19.9 Å². The van der Waals surface area contributed by atoms with E-state index in [0.29, 0.717) is 16.6 Å². The number of fused-ring (bicyclic) bond motifs is 1. The number of carbonyl (C=O) groups is 1. The third-order valence-electron chi connectivity index (χ3n) is 5.66.